The first-order valence-corrected chi connectivity index (χ1v) is 14.8. The van der Waals surface area contributed by atoms with Crippen LogP contribution < -0.4 is 10.1 Å². The molecule has 1 aliphatic rings. The number of nitrogens with zero attached hydrogens (tertiary/aromatic N) is 3. The van der Waals surface area contributed by atoms with Crippen LogP contribution in [0.5, 0.6) is 5.75 Å². The van der Waals surface area contributed by atoms with Gasteiger partial charge in [0.25, 0.3) is 5.91 Å². The summed E-state index contributed by atoms with van der Waals surface area (Å²) in [5.74, 6) is -1.25. The zero-order valence-electron chi connectivity index (χ0n) is 22.9. The number of benzene rings is 2. The van der Waals surface area contributed by atoms with E-state index in [9.17, 15) is 14.7 Å². The number of H-pyrrole nitrogens is 1. The van der Waals surface area contributed by atoms with E-state index < -0.39 is 11.9 Å². The number of likely N-dealkylation sites (tertiary alicyclic amines) is 1. The maximum absolute atomic E-state index is 12.9. The normalized spacial score (nSPS) is 15.4. The standard InChI is InChI=1S/C29H31Cl2N5O4S/c1-16-23(30)24(31)26(32-16)27(37)34-29-33-25-20(13-18(28(38)39)14-22(25)41-29)40-21(17-7-5-4-6-8-17)15-36-11-9-19(10-12-36)35(2)3/h4-8,13-14,19,21,32H,9-12,15H2,1-3H3,(H,38,39)(H,33,34,37). The summed E-state index contributed by atoms with van der Waals surface area (Å²) >= 11 is 13.5. The molecule has 9 nitrogen and oxygen atoms in total. The van der Waals surface area contributed by atoms with Gasteiger partial charge < -0.3 is 19.7 Å². The number of aromatic amines is 1. The molecule has 0 saturated carbocycles. The maximum atomic E-state index is 12.9. The fraction of sp³-hybridized carbons (Fsp3) is 0.345. The number of fused-ring (bicyclic) bond motifs is 1. The van der Waals surface area contributed by atoms with E-state index in [1.165, 1.54) is 12.1 Å². The number of carboxylic acids is 1. The summed E-state index contributed by atoms with van der Waals surface area (Å²) in [4.78, 5) is 37.1. The Balaban J connectivity index is 1.45. The topological polar surface area (TPSA) is 111 Å². The molecule has 0 spiro atoms. The van der Waals surface area contributed by atoms with E-state index in [2.05, 4.69) is 39.2 Å². The molecule has 1 amide bonds. The lowest BCUT2D eigenvalue weighted by Gasteiger charge is -2.36. The summed E-state index contributed by atoms with van der Waals surface area (Å²) in [6.45, 7) is 4.24. The van der Waals surface area contributed by atoms with Gasteiger partial charge in [-0.05, 0) is 64.6 Å². The van der Waals surface area contributed by atoms with E-state index in [-0.39, 0.29) is 32.5 Å². The van der Waals surface area contributed by atoms with Gasteiger partial charge in [-0.2, -0.15) is 0 Å². The van der Waals surface area contributed by atoms with Crippen LogP contribution in [0.25, 0.3) is 10.2 Å². The molecule has 2 aromatic heterocycles. The average molecular weight is 617 g/mol. The minimum atomic E-state index is -1.08. The van der Waals surface area contributed by atoms with Gasteiger partial charge >= 0.3 is 5.97 Å². The molecule has 41 heavy (non-hydrogen) atoms. The van der Waals surface area contributed by atoms with Crippen molar-refractivity contribution in [3.8, 4) is 5.75 Å². The van der Waals surface area contributed by atoms with Crippen LogP contribution in [0.1, 0.15) is 51.0 Å². The molecule has 1 atom stereocenters. The molecular weight excluding hydrogens is 585 g/mol. The van der Waals surface area contributed by atoms with Crippen LogP contribution in [0.4, 0.5) is 5.13 Å². The highest BCUT2D eigenvalue weighted by Gasteiger charge is 2.26. The molecule has 3 heterocycles. The highest BCUT2D eigenvalue weighted by Crippen LogP contribution is 2.37. The van der Waals surface area contributed by atoms with E-state index in [1.54, 1.807) is 6.92 Å². The Bertz CT molecular complexity index is 1560. The molecular formula is C29H31Cl2N5O4S. The molecule has 0 aliphatic carbocycles. The molecule has 216 valence electrons. The number of amides is 1. The predicted molar refractivity (Wildman–Crippen MR) is 163 cm³/mol. The fourth-order valence-electron chi connectivity index (χ4n) is 5.04. The predicted octanol–water partition coefficient (Wildman–Crippen LogP) is 6.34. The third-order valence-electron chi connectivity index (χ3n) is 7.36. The highest BCUT2D eigenvalue weighted by atomic mass is 35.5. The van der Waals surface area contributed by atoms with Crippen molar-refractivity contribution in [2.45, 2.75) is 31.9 Å². The monoisotopic (exact) mass is 615 g/mol. The summed E-state index contributed by atoms with van der Waals surface area (Å²) in [5, 5.41) is 13.3. The van der Waals surface area contributed by atoms with Crippen molar-refractivity contribution >= 4 is 61.8 Å². The van der Waals surface area contributed by atoms with Crippen LogP contribution in [0, 0.1) is 6.92 Å². The molecule has 0 radical (unpaired) electrons. The number of anilines is 1. The quantitative estimate of drug-likeness (QED) is 0.201. The van der Waals surface area contributed by atoms with Crippen molar-refractivity contribution in [2.24, 2.45) is 0 Å². The molecule has 5 rings (SSSR count). The van der Waals surface area contributed by atoms with Crippen LogP contribution in [-0.4, -0.2) is 76.5 Å². The molecule has 2 aromatic carbocycles. The number of ether oxygens (including phenoxy) is 1. The number of carboxylic acid groups (broad SMARTS) is 1. The summed E-state index contributed by atoms with van der Waals surface area (Å²) in [6.07, 6.45) is 1.78. The lowest BCUT2D eigenvalue weighted by Crippen LogP contribution is -2.43. The van der Waals surface area contributed by atoms with Crippen molar-refractivity contribution < 1.29 is 19.4 Å². The minimum Gasteiger partial charge on any atom is -0.482 e. The number of aromatic carboxylic acids is 1. The summed E-state index contributed by atoms with van der Waals surface area (Å²) in [5.41, 5.74) is 2.22. The molecule has 1 aliphatic heterocycles. The van der Waals surface area contributed by atoms with Crippen molar-refractivity contribution in [1.29, 1.82) is 0 Å². The van der Waals surface area contributed by atoms with E-state index in [0.29, 0.717) is 34.2 Å². The maximum Gasteiger partial charge on any atom is 0.335 e. The Kier molecular flexibility index (Phi) is 8.86. The molecule has 1 fully saturated rings. The van der Waals surface area contributed by atoms with Gasteiger partial charge in [0, 0.05) is 18.3 Å². The summed E-state index contributed by atoms with van der Waals surface area (Å²) < 4.78 is 7.16. The third-order valence-corrected chi connectivity index (χ3v) is 9.23. The van der Waals surface area contributed by atoms with Crippen LogP contribution >= 0.6 is 34.5 Å². The van der Waals surface area contributed by atoms with Gasteiger partial charge in [0.15, 0.2) is 5.13 Å². The van der Waals surface area contributed by atoms with Crippen molar-refractivity contribution in [2.75, 3.05) is 39.0 Å². The third kappa shape index (κ3) is 6.52. The van der Waals surface area contributed by atoms with E-state index in [4.69, 9.17) is 27.9 Å². The lowest BCUT2D eigenvalue weighted by molar-refractivity contribution is 0.0695. The second kappa shape index (κ2) is 12.4. The number of carbonyl (C=O) groups excluding carboxylic acids is 1. The van der Waals surface area contributed by atoms with Gasteiger partial charge in [0.05, 0.1) is 20.3 Å². The Morgan fingerprint density at radius 2 is 1.90 bits per heavy atom. The van der Waals surface area contributed by atoms with E-state index in [1.807, 2.05) is 30.3 Å². The number of hydrogen-bond donors (Lipinski definition) is 3. The van der Waals surface area contributed by atoms with Gasteiger partial charge in [-0.3, -0.25) is 15.0 Å². The number of hydrogen-bond acceptors (Lipinski definition) is 7. The minimum absolute atomic E-state index is 0.0717. The summed E-state index contributed by atoms with van der Waals surface area (Å²) in [7, 11) is 4.23. The Hall–Kier alpha value is -3.15. The molecule has 0 bridgehead atoms. The van der Waals surface area contributed by atoms with Crippen molar-refractivity contribution in [3.63, 3.8) is 0 Å². The molecule has 1 unspecified atom stereocenters. The lowest BCUT2D eigenvalue weighted by atomic mass is 10.0. The number of thiazole rings is 1. The Labute approximate surface area is 252 Å². The van der Waals surface area contributed by atoms with Crippen LogP contribution in [-0.2, 0) is 0 Å². The van der Waals surface area contributed by atoms with Gasteiger partial charge in [-0.25, -0.2) is 9.78 Å². The molecule has 4 aromatic rings. The second-order valence-corrected chi connectivity index (χ2v) is 12.2. The summed E-state index contributed by atoms with van der Waals surface area (Å²) in [6, 6.07) is 13.5. The first-order chi connectivity index (χ1) is 19.6. The zero-order chi connectivity index (χ0) is 29.3. The van der Waals surface area contributed by atoms with Gasteiger partial charge in [0.1, 0.15) is 23.1 Å². The number of aryl methyl sites for hydroxylation is 1. The number of nitrogens with one attached hydrogen (secondary N) is 2. The first-order valence-electron chi connectivity index (χ1n) is 13.2. The van der Waals surface area contributed by atoms with Crippen molar-refractivity contribution in [1.82, 2.24) is 19.8 Å². The smallest absolute Gasteiger partial charge is 0.335 e. The van der Waals surface area contributed by atoms with Crippen LogP contribution in [0.15, 0.2) is 42.5 Å². The van der Waals surface area contributed by atoms with Crippen LogP contribution in [0.3, 0.4) is 0 Å². The number of piperidine rings is 1. The zero-order valence-corrected chi connectivity index (χ0v) is 25.2. The second-order valence-electron chi connectivity index (χ2n) is 10.4. The SMILES string of the molecule is Cc1[nH]c(C(=O)Nc2nc3c(OC(CN4CCC(N(C)C)CC4)c4ccccc4)cc(C(=O)O)cc3s2)c(Cl)c1Cl. The first kappa shape index (κ1) is 29.3. The Morgan fingerprint density at radius 1 is 1.20 bits per heavy atom. The fourth-order valence-corrected chi connectivity index (χ4v) is 6.37. The van der Waals surface area contributed by atoms with Gasteiger partial charge in [-0.1, -0.05) is 64.9 Å². The Morgan fingerprint density at radius 3 is 2.51 bits per heavy atom. The number of rotatable bonds is 9. The van der Waals surface area contributed by atoms with Gasteiger partial charge in [-0.15, -0.1) is 0 Å². The molecule has 12 heteroatoms. The average Bonchev–Trinajstić information content (AvgIpc) is 3.48. The molecule has 3 N–H and O–H groups in total. The number of aromatic nitrogens is 2. The van der Waals surface area contributed by atoms with Crippen LogP contribution in [0.2, 0.25) is 10.0 Å². The number of halogens is 2. The molecule has 1 saturated heterocycles. The largest absolute Gasteiger partial charge is 0.482 e. The van der Waals surface area contributed by atoms with E-state index >= 15 is 0 Å². The highest BCUT2D eigenvalue weighted by molar-refractivity contribution is 7.22. The van der Waals surface area contributed by atoms with Gasteiger partial charge in [0.2, 0.25) is 0 Å². The van der Waals surface area contributed by atoms with Crippen molar-refractivity contribution in [3.05, 3.63) is 75.0 Å². The number of carbonyl (C=O) groups is 2. The van der Waals surface area contributed by atoms with E-state index in [0.717, 1.165) is 42.8 Å².